The van der Waals surface area contributed by atoms with Gasteiger partial charge in [0.25, 0.3) is 0 Å². The van der Waals surface area contributed by atoms with Crippen LogP contribution in [0.4, 0.5) is 13.2 Å². The third kappa shape index (κ3) is 4.60. The molecule has 1 N–H and O–H groups in total. The number of carbonyl (C=O) groups is 1. The number of hydrogen-bond acceptors (Lipinski definition) is 1. The van der Waals surface area contributed by atoms with E-state index in [1.807, 2.05) is 0 Å². The van der Waals surface area contributed by atoms with Gasteiger partial charge in [0.1, 0.15) is 4.83 Å². The summed E-state index contributed by atoms with van der Waals surface area (Å²) < 4.78 is 34.1. The minimum atomic E-state index is -4.42. The van der Waals surface area contributed by atoms with Crippen molar-refractivity contribution >= 4 is 21.9 Å². The van der Waals surface area contributed by atoms with Gasteiger partial charge in [-0.05, 0) is 0 Å². The standard InChI is InChI=1S/C4H4BrF3O2/c5-2(3(9)10)1-4(6,7)8/h2H,1H2,(H,9,10). The maximum Gasteiger partial charge on any atom is 0.390 e. The SMILES string of the molecule is O=C(O)C(Br)CC(F)(F)F. The Labute approximate surface area is 63.2 Å². The second kappa shape index (κ2) is 3.23. The summed E-state index contributed by atoms with van der Waals surface area (Å²) >= 11 is 2.36. The Bertz CT molecular complexity index is 133. The van der Waals surface area contributed by atoms with E-state index in [-0.39, 0.29) is 0 Å². The number of carboxylic acid groups (broad SMARTS) is 1. The van der Waals surface area contributed by atoms with Crippen LogP contribution in [0.15, 0.2) is 0 Å². The highest BCUT2D eigenvalue weighted by atomic mass is 79.9. The van der Waals surface area contributed by atoms with Gasteiger partial charge in [0.15, 0.2) is 0 Å². The maximum atomic E-state index is 11.4. The molecule has 0 heterocycles. The summed E-state index contributed by atoms with van der Waals surface area (Å²) in [5.41, 5.74) is 0. The van der Waals surface area contributed by atoms with Crippen molar-refractivity contribution in [2.75, 3.05) is 0 Å². The molecule has 0 fully saturated rings. The minimum Gasteiger partial charge on any atom is -0.480 e. The zero-order valence-electron chi connectivity index (χ0n) is 4.65. The Hall–Kier alpha value is -0.260. The average molecular weight is 221 g/mol. The van der Waals surface area contributed by atoms with Crippen molar-refractivity contribution in [2.45, 2.75) is 17.4 Å². The Morgan fingerprint density at radius 3 is 2.10 bits per heavy atom. The predicted octanol–water partition coefficient (Wildman–Crippen LogP) is 1.79. The second-order valence-electron chi connectivity index (χ2n) is 1.63. The van der Waals surface area contributed by atoms with E-state index in [4.69, 9.17) is 5.11 Å². The van der Waals surface area contributed by atoms with Crippen molar-refractivity contribution in [3.8, 4) is 0 Å². The van der Waals surface area contributed by atoms with Crippen LogP contribution in [0.1, 0.15) is 6.42 Å². The Morgan fingerprint density at radius 1 is 1.60 bits per heavy atom. The molecule has 60 valence electrons. The van der Waals surface area contributed by atoms with E-state index in [1.54, 1.807) is 0 Å². The molecule has 0 aromatic rings. The monoisotopic (exact) mass is 220 g/mol. The maximum absolute atomic E-state index is 11.4. The lowest BCUT2D eigenvalue weighted by Crippen LogP contribution is -2.21. The minimum absolute atomic E-state index is 1.34. The lowest BCUT2D eigenvalue weighted by atomic mass is 10.3. The molecule has 0 aromatic carbocycles. The van der Waals surface area contributed by atoms with Crippen LogP contribution in [0.5, 0.6) is 0 Å². The van der Waals surface area contributed by atoms with Gasteiger partial charge >= 0.3 is 12.1 Å². The fraction of sp³-hybridized carbons (Fsp3) is 0.750. The number of halogens is 4. The van der Waals surface area contributed by atoms with Gasteiger partial charge in [0.2, 0.25) is 0 Å². The summed E-state index contributed by atoms with van der Waals surface area (Å²) in [6, 6.07) is 0. The van der Waals surface area contributed by atoms with Gasteiger partial charge in [0.05, 0.1) is 6.42 Å². The van der Waals surface area contributed by atoms with Crippen LogP contribution in [0.3, 0.4) is 0 Å². The summed E-state index contributed by atoms with van der Waals surface area (Å²) in [5.74, 6) is -1.50. The van der Waals surface area contributed by atoms with Gasteiger partial charge in [-0.25, -0.2) is 0 Å². The molecule has 0 spiro atoms. The highest BCUT2D eigenvalue weighted by Gasteiger charge is 2.33. The molecule has 6 heteroatoms. The molecule has 0 saturated heterocycles. The molecule has 0 radical (unpaired) electrons. The van der Waals surface area contributed by atoms with E-state index in [0.717, 1.165) is 0 Å². The molecule has 0 aromatic heterocycles. The van der Waals surface area contributed by atoms with Gasteiger partial charge in [0, 0.05) is 0 Å². The van der Waals surface area contributed by atoms with E-state index in [2.05, 4.69) is 15.9 Å². The topological polar surface area (TPSA) is 37.3 Å². The molecule has 0 aliphatic carbocycles. The lowest BCUT2D eigenvalue weighted by molar-refractivity contribution is -0.151. The van der Waals surface area contributed by atoms with Crippen LogP contribution in [-0.2, 0) is 4.79 Å². The van der Waals surface area contributed by atoms with E-state index >= 15 is 0 Å². The van der Waals surface area contributed by atoms with Crippen LogP contribution < -0.4 is 0 Å². The fourth-order valence-electron chi connectivity index (χ4n) is 0.291. The quantitative estimate of drug-likeness (QED) is 0.721. The van der Waals surface area contributed by atoms with Crippen LogP contribution >= 0.6 is 15.9 Å². The van der Waals surface area contributed by atoms with Crippen LogP contribution in [0.25, 0.3) is 0 Å². The van der Waals surface area contributed by atoms with Gasteiger partial charge in [-0.2, -0.15) is 13.2 Å². The Balaban J connectivity index is 3.80. The first-order valence-corrected chi connectivity index (χ1v) is 3.18. The van der Waals surface area contributed by atoms with E-state index < -0.39 is 23.4 Å². The first-order chi connectivity index (χ1) is 4.33. The van der Waals surface area contributed by atoms with Crippen LogP contribution in [0, 0.1) is 0 Å². The number of carboxylic acids is 1. The smallest absolute Gasteiger partial charge is 0.390 e. The van der Waals surface area contributed by atoms with E-state index in [1.165, 1.54) is 0 Å². The van der Waals surface area contributed by atoms with E-state index in [9.17, 15) is 18.0 Å². The summed E-state index contributed by atoms with van der Waals surface area (Å²) in [4.78, 5) is 8.30. The first kappa shape index (κ1) is 9.74. The largest absolute Gasteiger partial charge is 0.480 e. The molecular formula is C4H4BrF3O2. The Kier molecular flexibility index (Phi) is 3.14. The molecule has 0 aliphatic heterocycles. The number of hydrogen-bond donors (Lipinski definition) is 1. The average Bonchev–Trinajstić information content (AvgIpc) is 1.60. The van der Waals surface area contributed by atoms with Crippen molar-refractivity contribution < 1.29 is 23.1 Å². The second-order valence-corrected chi connectivity index (χ2v) is 2.73. The molecular weight excluding hydrogens is 217 g/mol. The molecule has 0 aliphatic rings. The molecule has 10 heavy (non-hydrogen) atoms. The predicted molar refractivity (Wildman–Crippen MR) is 31.0 cm³/mol. The van der Waals surface area contributed by atoms with Gasteiger partial charge in [-0.1, -0.05) is 15.9 Å². The number of aliphatic carboxylic acids is 1. The molecule has 0 saturated carbocycles. The van der Waals surface area contributed by atoms with Crippen molar-refractivity contribution in [3.05, 3.63) is 0 Å². The molecule has 0 amide bonds. The molecule has 0 bridgehead atoms. The summed E-state index contributed by atoms with van der Waals surface area (Å²) in [6.07, 6.45) is -5.77. The molecule has 0 rings (SSSR count). The normalized spacial score (nSPS) is 14.8. The van der Waals surface area contributed by atoms with Crippen LogP contribution in [-0.4, -0.2) is 22.1 Å². The zero-order chi connectivity index (χ0) is 8.36. The van der Waals surface area contributed by atoms with Gasteiger partial charge < -0.3 is 5.11 Å². The number of alkyl halides is 4. The van der Waals surface area contributed by atoms with Crippen LogP contribution in [0.2, 0.25) is 0 Å². The third-order valence-corrected chi connectivity index (χ3v) is 1.39. The highest BCUT2D eigenvalue weighted by Crippen LogP contribution is 2.24. The summed E-state index contributed by atoms with van der Waals surface area (Å²) in [5, 5.41) is 8.00. The van der Waals surface area contributed by atoms with Crippen molar-refractivity contribution in [3.63, 3.8) is 0 Å². The lowest BCUT2D eigenvalue weighted by Gasteiger charge is -2.07. The molecule has 2 nitrogen and oxygen atoms in total. The molecule has 1 atom stereocenters. The van der Waals surface area contributed by atoms with Crippen molar-refractivity contribution in [2.24, 2.45) is 0 Å². The van der Waals surface area contributed by atoms with E-state index in [0.29, 0.717) is 0 Å². The van der Waals surface area contributed by atoms with Crippen molar-refractivity contribution in [1.29, 1.82) is 0 Å². The Morgan fingerprint density at radius 2 is 2.00 bits per heavy atom. The number of rotatable bonds is 2. The summed E-state index contributed by atoms with van der Waals surface area (Å²) in [7, 11) is 0. The summed E-state index contributed by atoms with van der Waals surface area (Å²) in [6.45, 7) is 0. The highest BCUT2D eigenvalue weighted by molar-refractivity contribution is 9.10. The van der Waals surface area contributed by atoms with Gasteiger partial charge in [-0.3, -0.25) is 4.79 Å². The zero-order valence-corrected chi connectivity index (χ0v) is 6.24. The fourth-order valence-corrected chi connectivity index (χ4v) is 0.658. The van der Waals surface area contributed by atoms with Gasteiger partial charge in [-0.15, -0.1) is 0 Å². The van der Waals surface area contributed by atoms with Crippen molar-refractivity contribution in [1.82, 2.24) is 0 Å². The molecule has 1 unspecified atom stereocenters. The first-order valence-electron chi connectivity index (χ1n) is 2.26. The third-order valence-electron chi connectivity index (χ3n) is 0.679.